The highest BCUT2D eigenvalue weighted by molar-refractivity contribution is 7.14. The number of aromatic nitrogens is 3. The van der Waals surface area contributed by atoms with Gasteiger partial charge in [-0.2, -0.15) is 19.9 Å². The van der Waals surface area contributed by atoms with E-state index in [1.165, 1.54) is 21.4 Å². The van der Waals surface area contributed by atoms with Gasteiger partial charge in [-0.15, -0.1) is 0 Å². The molecule has 0 saturated heterocycles. The van der Waals surface area contributed by atoms with Crippen molar-refractivity contribution in [1.82, 2.24) is 14.6 Å². The Kier molecular flexibility index (Phi) is 1.38. The number of nitriles is 1. The van der Waals surface area contributed by atoms with Gasteiger partial charge >= 0.3 is 0 Å². The van der Waals surface area contributed by atoms with E-state index in [4.69, 9.17) is 5.26 Å². The molecule has 0 aliphatic heterocycles. The van der Waals surface area contributed by atoms with Gasteiger partial charge in [0.1, 0.15) is 11.6 Å². The van der Waals surface area contributed by atoms with E-state index in [1.54, 1.807) is 0 Å². The zero-order valence-electron chi connectivity index (χ0n) is 5.76. The molecule has 58 valence electrons. The first-order valence-corrected chi connectivity index (χ1v) is 3.93. The summed E-state index contributed by atoms with van der Waals surface area (Å²) >= 11 is 1.22. The Bertz CT molecular complexity index is 520. The second kappa shape index (κ2) is 2.39. The molecular formula is C6H2N4OS. The minimum absolute atomic E-state index is 0.214. The predicted octanol–water partition coefficient (Wildman–Crippen LogP) is 0.0227. The fourth-order valence-electron chi connectivity index (χ4n) is 0.840. The number of rotatable bonds is 0. The maximum Gasteiger partial charge on any atom is 0.275 e. The van der Waals surface area contributed by atoms with Crippen LogP contribution in [0.1, 0.15) is 5.69 Å². The van der Waals surface area contributed by atoms with Crippen LogP contribution in [0.15, 0.2) is 16.4 Å². The van der Waals surface area contributed by atoms with Gasteiger partial charge in [-0.05, 0) is 0 Å². The molecular weight excluding hydrogens is 176 g/mol. The Hall–Kier alpha value is -1.74. The molecule has 0 atom stereocenters. The van der Waals surface area contributed by atoms with Gasteiger partial charge in [0.25, 0.3) is 5.56 Å². The van der Waals surface area contributed by atoms with Crippen molar-refractivity contribution in [1.29, 1.82) is 5.26 Å². The second-order valence-corrected chi connectivity index (χ2v) is 2.84. The standard InChI is InChI=1S/C6H2N4OS/c7-2-4-1-5(11)9-6-10(4)8-3-12-6/h1,3H. The highest BCUT2D eigenvalue weighted by Gasteiger charge is 2.02. The quantitative estimate of drug-likeness (QED) is 0.570. The summed E-state index contributed by atoms with van der Waals surface area (Å²) in [6.07, 6.45) is 0. The number of nitrogens with zero attached hydrogens (tertiary/aromatic N) is 4. The van der Waals surface area contributed by atoms with E-state index in [1.807, 2.05) is 6.07 Å². The van der Waals surface area contributed by atoms with E-state index in [2.05, 4.69) is 10.1 Å². The van der Waals surface area contributed by atoms with Crippen LogP contribution < -0.4 is 5.56 Å². The van der Waals surface area contributed by atoms with Crippen LogP contribution in [0.4, 0.5) is 0 Å². The molecule has 0 saturated carbocycles. The Morgan fingerprint density at radius 1 is 1.67 bits per heavy atom. The summed E-state index contributed by atoms with van der Waals surface area (Å²) in [6.45, 7) is 0. The molecule has 0 aromatic carbocycles. The highest BCUT2D eigenvalue weighted by Crippen LogP contribution is 2.04. The van der Waals surface area contributed by atoms with Crippen molar-refractivity contribution in [3.63, 3.8) is 0 Å². The van der Waals surface area contributed by atoms with E-state index >= 15 is 0 Å². The van der Waals surface area contributed by atoms with Crippen LogP contribution >= 0.6 is 11.3 Å². The summed E-state index contributed by atoms with van der Waals surface area (Å²) < 4.78 is 1.34. The average molecular weight is 178 g/mol. The molecule has 0 amide bonds. The van der Waals surface area contributed by atoms with Gasteiger partial charge < -0.3 is 0 Å². The first-order valence-electron chi connectivity index (χ1n) is 3.05. The lowest BCUT2D eigenvalue weighted by Crippen LogP contribution is -2.09. The normalized spacial score (nSPS) is 9.92. The number of hydrogen-bond donors (Lipinski definition) is 0. The zero-order valence-corrected chi connectivity index (χ0v) is 6.58. The molecule has 6 heteroatoms. The molecule has 0 fully saturated rings. The maximum atomic E-state index is 10.9. The highest BCUT2D eigenvalue weighted by atomic mass is 32.1. The van der Waals surface area contributed by atoms with Crippen LogP contribution in [-0.4, -0.2) is 14.6 Å². The van der Waals surface area contributed by atoms with Crippen molar-refractivity contribution >= 4 is 16.3 Å². The monoisotopic (exact) mass is 178 g/mol. The lowest BCUT2D eigenvalue weighted by atomic mass is 10.4. The zero-order chi connectivity index (χ0) is 8.55. The second-order valence-electron chi connectivity index (χ2n) is 2.02. The third kappa shape index (κ3) is 0.879. The van der Waals surface area contributed by atoms with Gasteiger partial charge in [0, 0.05) is 6.07 Å². The molecule has 5 nitrogen and oxygen atoms in total. The molecule has 0 N–H and O–H groups in total. The van der Waals surface area contributed by atoms with Gasteiger partial charge in [-0.25, -0.2) is 0 Å². The van der Waals surface area contributed by atoms with Crippen LogP contribution in [-0.2, 0) is 0 Å². The largest absolute Gasteiger partial charge is 0.275 e. The van der Waals surface area contributed by atoms with Crippen LogP contribution in [0.25, 0.3) is 4.96 Å². The van der Waals surface area contributed by atoms with Crippen LogP contribution in [0.2, 0.25) is 0 Å². The Balaban J connectivity index is 3.01. The maximum absolute atomic E-state index is 10.9. The van der Waals surface area contributed by atoms with Crippen LogP contribution in [0.3, 0.4) is 0 Å². The van der Waals surface area contributed by atoms with Gasteiger partial charge in [-0.3, -0.25) is 4.79 Å². The molecule has 0 spiro atoms. The predicted molar refractivity (Wildman–Crippen MR) is 41.8 cm³/mol. The minimum Gasteiger partial charge on any atom is -0.267 e. The minimum atomic E-state index is -0.407. The van der Waals surface area contributed by atoms with Crippen molar-refractivity contribution in [3.05, 3.63) is 27.6 Å². The fourth-order valence-corrected chi connectivity index (χ4v) is 1.46. The van der Waals surface area contributed by atoms with E-state index in [0.29, 0.717) is 4.96 Å². The van der Waals surface area contributed by atoms with Gasteiger partial charge in [0.2, 0.25) is 4.96 Å². The molecule has 0 unspecified atom stereocenters. The van der Waals surface area contributed by atoms with Crippen molar-refractivity contribution in [2.75, 3.05) is 0 Å². The molecule has 0 radical (unpaired) electrons. The Morgan fingerprint density at radius 3 is 3.25 bits per heavy atom. The lowest BCUT2D eigenvalue weighted by molar-refractivity contribution is 0.912. The van der Waals surface area contributed by atoms with E-state index in [9.17, 15) is 4.79 Å². The first kappa shape index (κ1) is 6.94. The topological polar surface area (TPSA) is 71.0 Å². The number of hydrogen-bond acceptors (Lipinski definition) is 5. The Labute approximate surface area is 70.5 Å². The van der Waals surface area contributed by atoms with Crippen molar-refractivity contribution in [2.24, 2.45) is 0 Å². The summed E-state index contributed by atoms with van der Waals surface area (Å²) in [7, 11) is 0. The van der Waals surface area contributed by atoms with E-state index in [0.717, 1.165) is 6.07 Å². The third-order valence-corrected chi connectivity index (χ3v) is 1.99. The molecule has 12 heavy (non-hydrogen) atoms. The Morgan fingerprint density at radius 2 is 2.50 bits per heavy atom. The third-order valence-electron chi connectivity index (χ3n) is 1.31. The van der Waals surface area contributed by atoms with E-state index < -0.39 is 5.56 Å². The van der Waals surface area contributed by atoms with Crippen LogP contribution in [0, 0.1) is 11.3 Å². The SMILES string of the molecule is N#Cc1cc(=O)nc2scnn12. The average Bonchev–Trinajstić information content (AvgIpc) is 2.50. The van der Waals surface area contributed by atoms with Gasteiger partial charge in [0.05, 0.1) is 0 Å². The summed E-state index contributed by atoms with van der Waals surface area (Å²) in [5.74, 6) is 0. The summed E-state index contributed by atoms with van der Waals surface area (Å²) in [5.41, 5.74) is 1.34. The molecule has 2 rings (SSSR count). The van der Waals surface area contributed by atoms with Crippen molar-refractivity contribution in [3.8, 4) is 6.07 Å². The lowest BCUT2D eigenvalue weighted by Gasteiger charge is -1.90. The molecule has 2 aromatic rings. The molecule has 0 aliphatic rings. The number of fused-ring (bicyclic) bond motifs is 1. The smallest absolute Gasteiger partial charge is 0.267 e. The van der Waals surface area contributed by atoms with Gasteiger partial charge in [-0.1, -0.05) is 11.3 Å². The van der Waals surface area contributed by atoms with Crippen molar-refractivity contribution < 1.29 is 0 Å². The molecule has 2 aromatic heterocycles. The summed E-state index contributed by atoms with van der Waals surface area (Å²) in [6, 6.07) is 3.02. The fraction of sp³-hybridized carbons (Fsp3) is 0. The van der Waals surface area contributed by atoms with Gasteiger partial charge in [0.15, 0.2) is 5.69 Å². The molecule has 2 heterocycles. The first-order chi connectivity index (χ1) is 5.81. The molecule has 0 bridgehead atoms. The van der Waals surface area contributed by atoms with Crippen molar-refractivity contribution in [2.45, 2.75) is 0 Å². The summed E-state index contributed by atoms with van der Waals surface area (Å²) in [5, 5.41) is 12.4. The van der Waals surface area contributed by atoms with Crippen LogP contribution in [0.5, 0.6) is 0 Å². The van der Waals surface area contributed by atoms with E-state index in [-0.39, 0.29) is 5.69 Å². The molecule has 0 aliphatic carbocycles. The summed E-state index contributed by atoms with van der Waals surface area (Å²) in [4.78, 5) is 15.0.